The van der Waals surface area contributed by atoms with Crippen molar-refractivity contribution in [1.82, 2.24) is 0 Å². The minimum Gasteiger partial charge on any atom is -0.456 e. The van der Waals surface area contributed by atoms with E-state index in [-0.39, 0.29) is 10.8 Å². The van der Waals surface area contributed by atoms with Crippen LogP contribution in [0.3, 0.4) is 0 Å². The average Bonchev–Trinajstić information content (AvgIpc) is 4.04. The number of benzene rings is 6. The van der Waals surface area contributed by atoms with Crippen LogP contribution in [0.1, 0.15) is 80.0 Å². The molecule has 8 aliphatic carbocycles. The number of para-hydroxylation sites is 1. The fraction of sp³-hybridized carbons (Fsp3) is 0.321. The highest BCUT2D eigenvalue weighted by Gasteiger charge is 2.62. The minimum absolute atomic E-state index is 0.113. The van der Waals surface area contributed by atoms with Crippen molar-refractivity contribution in [2.75, 3.05) is 4.90 Å². The summed E-state index contributed by atoms with van der Waals surface area (Å²) in [5.41, 5.74) is 18.1. The van der Waals surface area contributed by atoms with Gasteiger partial charge in [0.1, 0.15) is 11.2 Å². The molecule has 6 bridgehead atoms. The molecule has 2 heteroatoms. The van der Waals surface area contributed by atoms with E-state index in [1.54, 1.807) is 22.3 Å². The molecular weight excluding hydrogens is 667 g/mol. The first kappa shape index (κ1) is 30.2. The molecule has 6 fully saturated rings. The lowest BCUT2D eigenvalue weighted by Crippen LogP contribution is -2.55. The lowest BCUT2D eigenvalue weighted by atomic mass is 9.43. The van der Waals surface area contributed by atoms with Gasteiger partial charge in [0, 0.05) is 44.6 Å². The van der Waals surface area contributed by atoms with E-state index in [2.05, 4.69) is 132 Å². The predicted molar refractivity (Wildman–Crippen MR) is 223 cm³/mol. The summed E-state index contributed by atoms with van der Waals surface area (Å²) in [6.07, 6.45) is 12.5. The molecule has 7 aromatic rings. The predicted octanol–water partition coefficient (Wildman–Crippen LogP) is 13.9. The molecule has 1 heterocycles. The first-order valence-electron chi connectivity index (χ1n) is 21.4. The van der Waals surface area contributed by atoms with Crippen LogP contribution in [0.5, 0.6) is 0 Å². The van der Waals surface area contributed by atoms with Crippen molar-refractivity contribution < 1.29 is 4.42 Å². The highest BCUT2D eigenvalue weighted by atomic mass is 16.3. The van der Waals surface area contributed by atoms with Gasteiger partial charge in [0.25, 0.3) is 0 Å². The molecule has 0 N–H and O–H groups in total. The summed E-state index contributed by atoms with van der Waals surface area (Å²) in [5, 5.41) is 2.36. The molecule has 55 heavy (non-hydrogen) atoms. The second-order valence-corrected chi connectivity index (χ2v) is 18.9. The molecule has 3 atom stereocenters. The van der Waals surface area contributed by atoms with Crippen molar-refractivity contribution >= 4 is 39.0 Å². The van der Waals surface area contributed by atoms with Crippen LogP contribution >= 0.6 is 0 Å². The van der Waals surface area contributed by atoms with Gasteiger partial charge in [-0.05, 0) is 162 Å². The summed E-state index contributed by atoms with van der Waals surface area (Å²) < 4.78 is 6.62. The molecule has 6 saturated carbocycles. The monoisotopic (exact) mass is 711 g/mol. The van der Waals surface area contributed by atoms with Crippen LogP contribution in [0.15, 0.2) is 132 Å². The van der Waals surface area contributed by atoms with Crippen molar-refractivity contribution in [3.05, 3.63) is 150 Å². The van der Waals surface area contributed by atoms with Crippen molar-refractivity contribution in [3.8, 4) is 22.3 Å². The van der Waals surface area contributed by atoms with Gasteiger partial charge < -0.3 is 9.32 Å². The summed E-state index contributed by atoms with van der Waals surface area (Å²) in [7, 11) is 0. The van der Waals surface area contributed by atoms with Crippen molar-refractivity contribution in [1.29, 1.82) is 0 Å². The number of anilines is 3. The van der Waals surface area contributed by atoms with Crippen molar-refractivity contribution in [2.45, 2.75) is 68.6 Å². The molecule has 0 aliphatic heterocycles. The average molecular weight is 712 g/mol. The van der Waals surface area contributed by atoms with Gasteiger partial charge in [-0.3, -0.25) is 0 Å². The molecular formula is C53H45NO. The maximum atomic E-state index is 6.62. The Bertz CT molecular complexity index is 2760. The van der Waals surface area contributed by atoms with Crippen LogP contribution in [-0.2, 0) is 10.8 Å². The van der Waals surface area contributed by atoms with E-state index in [9.17, 15) is 0 Å². The van der Waals surface area contributed by atoms with Crippen LogP contribution in [-0.4, -0.2) is 0 Å². The van der Waals surface area contributed by atoms with E-state index < -0.39 is 0 Å². The maximum Gasteiger partial charge on any atom is 0.137 e. The number of furan rings is 1. The standard InChI is InChI=1S/C53H45NO/c1-5-12-45-39(8-1)40-20-18-37(28-47(40)53(45)35-24-32-22-33(26-35)27-36(53)25-32)54(38-19-21-42-41-9-3-6-15-49(41)55-50(42)29-38)48-14-7-13-46-51(48)43-10-2-4-11-44(43)52(46)30-31-16-17-34(52)23-31/h1-15,18-21,28-29,31-36H,16-17,22-27,30H2. The zero-order valence-corrected chi connectivity index (χ0v) is 31.3. The van der Waals surface area contributed by atoms with E-state index in [0.717, 1.165) is 46.7 Å². The lowest BCUT2D eigenvalue weighted by Gasteiger charge is -2.61. The Balaban J connectivity index is 1.03. The Morgan fingerprint density at radius 3 is 1.96 bits per heavy atom. The van der Waals surface area contributed by atoms with Gasteiger partial charge in [0.15, 0.2) is 0 Å². The third kappa shape index (κ3) is 3.64. The molecule has 0 amide bonds. The normalized spacial score (nSPS) is 31.1. The second kappa shape index (κ2) is 10.4. The SMILES string of the molecule is c1ccc2c(c1)-c1c(N(c3ccc4c(c3)C3(c5ccccc5-4)C4CC5CC(C4)CC3C5)c3ccc4c(c3)oc3ccccc34)cccc1C21CC2CCC1C2. The first-order chi connectivity index (χ1) is 27.2. The molecule has 268 valence electrons. The number of hydrogen-bond donors (Lipinski definition) is 0. The molecule has 2 spiro atoms. The topological polar surface area (TPSA) is 16.4 Å². The van der Waals surface area contributed by atoms with Gasteiger partial charge in [-0.2, -0.15) is 0 Å². The maximum absolute atomic E-state index is 6.62. The summed E-state index contributed by atoms with van der Waals surface area (Å²) in [6.45, 7) is 0. The molecule has 6 aromatic carbocycles. The Labute approximate surface area is 323 Å². The van der Waals surface area contributed by atoms with Crippen LogP contribution in [0.2, 0.25) is 0 Å². The van der Waals surface area contributed by atoms with E-state index in [1.807, 2.05) is 0 Å². The zero-order chi connectivity index (χ0) is 35.6. The van der Waals surface area contributed by atoms with Gasteiger partial charge in [0.2, 0.25) is 0 Å². The Hall–Kier alpha value is -5.08. The van der Waals surface area contributed by atoms with Gasteiger partial charge >= 0.3 is 0 Å². The zero-order valence-electron chi connectivity index (χ0n) is 31.3. The molecule has 2 nitrogen and oxygen atoms in total. The Morgan fingerprint density at radius 2 is 1.15 bits per heavy atom. The highest BCUT2D eigenvalue weighted by molar-refractivity contribution is 6.06. The van der Waals surface area contributed by atoms with Crippen LogP contribution in [0.4, 0.5) is 17.1 Å². The summed E-state index contributed by atoms with van der Waals surface area (Å²) in [4.78, 5) is 2.63. The third-order valence-corrected chi connectivity index (χ3v) is 16.7. The van der Waals surface area contributed by atoms with Gasteiger partial charge in [-0.25, -0.2) is 0 Å². The molecule has 3 unspecified atom stereocenters. The second-order valence-electron chi connectivity index (χ2n) is 18.9. The molecule has 1 aromatic heterocycles. The van der Waals surface area contributed by atoms with Crippen LogP contribution in [0.25, 0.3) is 44.2 Å². The summed E-state index contributed by atoms with van der Waals surface area (Å²) in [6, 6.07) is 49.4. The molecule has 0 radical (unpaired) electrons. The van der Waals surface area contributed by atoms with E-state index in [1.165, 1.54) is 108 Å². The molecule has 15 rings (SSSR count). The number of hydrogen-bond acceptors (Lipinski definition) is 2. The minimum atomic E-state index is 0.113. The van der Waals surface area contributed by atoms with Crippen LogP contribution in [0, 0.1) is 35.5 Å². The molecule has 0 saturated heterocycles. The number of rotatable bonds is 3. The summed E-state index contributed by atoms with van der Waals surface area (Å²) >= 11 is 0. The first-order valence-corrected chi connectivity index (χ1v) is 21.4. The summed E-state index contributed by atoms with van der Waals surface area (Å²) in [5.74, 6) is 4.87. The largest absolute Gasteiger partial charge is 0.456 e. The fourth-order valence-corrected chi connectivity index (χ4v) is 15.2. The van der Waals surface area contributed by atoms with E-state index in [0.29, 0.717) is 0 Å². The quantitative estimate of drug-likeness (QED) is 0.181. The smallest absolute Gasteiger partial charge is 0.137 e. The van der Waals surface area contributed by atoms with Gasteiger partial charge in [-0.15, -0.1) is 0 Å². The Morgan fingerprint density at radius 1 is 0.473 bits per heavy atom. The van der Waals surface area contributed by atoms with E-state index in [4.69, 9.17) is 4.42 Å². The van der Waals surface area contributed by atoms with E-state index >= 15 is 0 Å². The van der Waals surface area contributed by atoms with Crippen molar-refractivity contribution in [2.24, 2.45) is 35.5 Å². The Kier molecular flexibility index (Phi) is 5.71. The van der Waals surface area contributed by atoms with Crippen molar-refractivity contribution in [3.63, 3.8) is 0 Å². The fourth-order valence-electron chi connectivity index (χ4n) is 15.2. The third-order valence-electron chi connectivity index (χ3n) is 16.7. The van der Waals surface area contributed by atoms with Gasteiger partial charge in [-0.1, -0.05) is 91.3 Å². The number of fused-ring (bicyclic) bond motifs is 14. The number of nitrogens with zero attached hydrogens (tertiary/aromatic N) is 1. The molecule has 8 aliphatic rings. The highest BCUT2D eigenvalue weighted by Crippen LogP contribution is 2.70. The van der Waals surface area contributed by atoms with Gasteiger partial charge in [0.05, 0.1) is 5.69 Å². The lowest BCUT2D eigenvalue weighted by molar-refractivity contribution is -0.0399. The van der Waals surface area contributed by atoms with Crippen LogP contribution < -0.4 is 4.90 Å².